The summed E-state index contributed by atoms with van der Waals surface area (Å²) in [4.78, 5) is 24.5. The van der Waals surface area contributed by atoms with Crippen LogP contribution in [0, 0.1) is 92.7 Å². The summed E-state index contributed by atoms with van der Waals surface area (Å²) >= 11 is 0. The summed E-state index contributed by atoms with van der Waals surface area (Å²) in [5.74, 6) is 7.96. The van der Waals surface area contributed by atoms with Crippen molar-refractivity contribution in [2.45, 2.75) is 235 Å². The van der Waals surface area contributed by atoms with Crippen molar-refractivity contribution in [2.24, 2.45) is 92.7 Å². The summed E-state index contributed by atoms with van der Waals surface area (Å²) < 4.78 is 38.9. The van der Waals surface area contributed by atoms with E-state index in [9.17, 15) is 19.4 Å². The van der Waals surface area contributed by atoms with Crippen LogP contribution in [0.4, 0.5) is 0 Å². The third-order valence-electron chi connectivity index (χ3n) is 23.2. The highest BCUT2D eigenvalue weighted by molar-refractivity contribution is 7.47. The molecule has 0 aromatic carbocycles. The molecule has 0 aromatic rings. The van der Waals surface area contributed by atoms with Crippen LogP contribution in [0.15, 0.2) is 23.3 Å². The molecular weight excluding hydrogens is 930 g/mol. The van der Waals surface area contributed by atoms with Crippen LogP contribution < -0.4 is 0 Å². The molecule has 418 valence electrons. The maximum Gasteiger partial charge on any atom is 0.472 e. The number of carbonyl (C=O) groups is 1. The van der Waals surface area contributed by atoms with Crippen LogP contribution in [0.1, 0.15) is 210 Å². The number of fused-ring (bicyclic) bond motifs is 10. The molecule has 8 aliphatic rings. The molecule has 10 heteroatoms. The molecule has 2 N–H and O–H groups in total. The van der Waals surface area contributed by atoms with Crippen LogP contribution in [-0.4, -0.2) is 85.8 Å². The predicted molar refractivity (Wildman–Crippen MR) is 296 cm³/mol. The second kappa shape index (κ2) is 23.0. The van der Waals surface area contributed by atoms with E-state index in [0.29, 0.717) is 45.5 Å². The molecule has 8 aliphatic carbocycles. The number of quaternary nitrogens is 1. The quantitative estimate of drug-likeness (QED) is 0.0591. The molecule has 9 nitrogen and oxygen atoms in total. The van der Waals surface area contributed by atoms with Gasteiger partial charge in [0, 0.05) is 0 Å². The first kappa shape index (κ1) is 58.1. The largest absolute Gasteiger partial charge is 0.479 e. The van der Waals surface area contributed by atoms with E-state index in [1.807, 2.05) is 21.1 Å². The van der Waals surface area contributed by atoms with Gasteiger partial charge in [0.05, 0.1) is 40.0 Å². The van der Waals surface area contributed by atoms with Crippen molar-refractivity contribution < 1.29 is 42.4 Å². The maximum absolute atomic E-state index is 13.5. The predicted octanol–water partition coefficient (Wildman–Crippen LogP) is 15.5. The second-order valence-electron chi connectivity index (χ2n) is 29.5. The first-order valence-corrected chi connectivity index (χ1v) is 32.1. The highest BCUT2D eigenvalue weighted by Crippen LogP contribution is 2.69. The summed E-state index contributed by atoms with van der Waals surface area (Å²) in [5.41, 5.74) is 3.97. The third-order valence-corrected chi connectivity index (χ3v) is 24.2. The first-order valence-electron chi connectivity index (χ1n) is 30.6. The number of hydrogen-bond donors (Lipinski definition) is 2. The van der Waals surface area contributed by atoms with Gasteiger partial charge in [0.1, 0.15) is 19.3 Å². The van der Waals surface area contributed by atoms with E-state index in [-0.39, 0.29) is 29.6 Å². The van der Waals surface area contributed by atoms with E-state index in [1.54, 1.807) is 0 Å². The van der Waals surface area contributed by atoms with Crippen LogP contribution in [0.5, 0.6) is 0 Å². The standard InChI is InChI=1S/C63H108NO8P/c1-41(2)16-14-18-43(5)51-24-26-53-49-22-20-45-38-47(28-32-60(45,7)55(49)30-34-62(51,53)9)71-57(40-70-73(67,68)69-37-36-64(11,12)13)58(59(65)66)72-48-29-33-61(8)46(39-48)21-23-50-54-27-25-52(44(6)19-15-17-42(3)4)63(54,10)35-31-56(50)61/h20-21,41-44,47-58H,14-19,22-40H2,1-13H3,(H-,65,66,67,68)/p+1/t43-,44-,47?,48?,49?,50?,51-,52-,53?,54?,55?,56?,57+,58?,60+,61+,62-,63-/m1/s1. The van der Waals surface area contributed by atoms with Crippen LogP contribution >= 0.6 is 7.82 Å². The lowest BCUT2D eigenvalue weighted by Crippen LogP contribution is -2.52. The zero-order valence-electron chi connectivity index (χ0n) is 48.8. The van der Waals surface area contributed by atoms with Gasteiger partial charge in [0.25, 0.3) is 0 Å². The van der Waals surface area contributed by atoms with E-state index in [4.69, 9.17) is 18.5 Å². The number of phosphoric ester groups is 1. The smallest absolute Gasteiger partial charge is 0.472 e. The summed E-state index contributed by atoms with van der Waals surface area (Å²) in [7, 11) is 1.47. The molecule has 6 fully saturated rings. The van der Waals surface area contributed by atoms with Crippen molar-refractivity contribution >= 4 is 13.8 Å². The molecule has 0 saturated heterocycles. The summed E-state index contributed by atoms with van der Waals surface area (Å²) in [6.45, 7) is 25.1. The minimum atomic E-state index is -4.52. The van der Waals surface area contributed by atoms with Crippen molar-refractivity contribution in [1.82, 2.24) is 0 Å². The van der Waals surface area contributed by atoms with E-state index < -0.39 is 32.6 Å². The van der Waals surface area contributed by atoms with Crippen molar-refractivity contribution in [1.29, 1.82) is 0 Å². The van der Waals surface area contributed by atoms with Gasteiger partial charge in [-0.1, -0.05) is 131 Å². The Bertz CT molecular complexity index is 1990. The van der Waals surface area contributed by atoms with E-state index >= 15 is 0 Å². The van der Waals surface area contributed by atoms with Gasteiger partial charge in [-0.05, 0) is 195 Å². The first-order chi connectivity index (χ1) is 34.3. The lowest BCUT2D eigenvalue weighted by atomic mass is 9.47. The molecule has 0 bridgehead atoms. The molecule has 0 aromatic heterocycles. The number of phosphoric acid groups is 1. The maximum atomic E-state index is 13.5. The van der Waals surface area contributed by atoms with Crippen LogP contribution in [0.2, 0.25) is 0 Å². The number of allylic oxidation sites excluding steroid dienone is 2. The lowest BCUT2D eigenvalue weighted by Gasteiger charge is -2.59. The Morgan fingerprint density at radius 2 is 1.11 bits per heavy atom. The Kier molecular flexibility index (Phi) is 18.3. The number of ether oxygens (including phenoxy) is 2. The van der Waals surface area contributed by atoms with Gasteiger partial charge in [0.15, 0.2) is 6.10 Å². The molecular formula is C63H109NO8P+. The molecule has 19 atom stereocenters. The Morgan fingerprint density at radius 1 is 0.644 bits per heavy atom. The van der Waals surface area contributed by atoms with Gasteiger partial charge in [-0.15, -0.1) is 0 Å². The Labute approximate surface area is 446 Å². The van der Waals surface area contributed by atoms with Crippen molar-refractivity contribution in [3.63, 3.8) is 0 Å². The van der Waals surface area contributed by atoms with Crippen molar-refractivity contribution in [3.8, 4) is 0 Å². The molecule has 0 aliphatic heterocycles. The number of carboxylic acids is 1. The average Bonchev–Trinajstić information content (AvgIpc) is 3.86. The summed E-state index contributed by atoms with van der Waals surface area (Å²) in [6.07, 6.45) is 28.2. The topological polar surface area (TPSA) is 112 Å². The SMILES string of the molecule is CC(C)CCC[C@@H](C)[C@H]1CCC2C3CC=C4CC(OC(C(=O)O)[C@H](COP(=O)(O)OCC[N+](C)(C)C)OC5CC[C@@]6(C)C(=CCC7C6CC[C@@]6(C)C7CC[C@@H]6[C@H](C)CCCC(C)C)C5)CC[C@]4(C)C3CC[C@@]21C. The number of carboxylic acid groups (broad SMARTS) is 1. The Hall–Kier alpha value is -1.06. The number of aliphatic carboxylic acids is 1. The Morgan fingerprint density at radius 3 is 1.55 bits per heavy atom. The molecule has 0 spiro atoms. The second-order valence-corrected chi connectivity index (χ2v) is 30.9. The summed E-state index contributed by atoms with van der Waals surface area (Å²) in [6, 6.07) is 0. The molecule has 0 heterocycles. The van der Waals surface area contributed by atoms with Gasteiger partial charge in [-0.3, -0.25) is 9.05 Å². The number of likely N-dealkylation sites (N-methyl/N-ethyl adjacent to an activating group) is 1. The molecule has 0 amide bonds. The fraction of sp³-hybridized carbons (Fsp3) is 0.921. The van der Waals surface area contributed by atoms with Gasteiger partial charge in [-0.2, -0.15) is 0 Å². The van der Waals surface area contributed by atoms with Crippen LogP contribution in [0.25, 0.3) is 0 Å². The summed E-state index contributed by atoms with van der Waals surface area (Å²) in [5, 5.41) is 11.1. The van der Waals surface area contributed by atoms with E-state index in [2.05, 4.69) is 81.4 Å². The number of rotatable bonds is 23. The molecule has 10 unspecified atom stereocenters. The molecule has 6 saturated carbocycles. The zero-order chi connectivity index (χ0) is 52.9. The monoisotopic (exact) mass is 1040 g/mol. The zero-order valence-corrected chi connectivity index (χ0v) is 49.7. The van der Waals surface area contributed by atoms with Gasteiger partial charge in [-0.25, -0.2) is 9.36 Å². The normalized spacial score (nSPS) is 40.7. The van der Waals surface area contributed by atoms with Gasteiger partial charge < -0.3 is 24.0 Å². The third kappa shape index (κ3) is 12.4. The highest BCUT2D eigenvalue weighted by atomic mass is 31.2. The van der Waals surface area contributed by atoms with Crippen LogP contribution in [0.3, 0.4) is 0 Å². The van der Waals surface area contributed by atoms with Crippen molar-refractivity contribution in [3.05, 3.63) is 23.3 Å². The minimum absolute atomic E-state index is 0.0348. The van der Waals surface area contributed by atoms with Crippen molar-refractivity contribution in [2.75, 3.05) is 40.9 Å². The fourth-order valence-corrected chi connectivity index (χ4v) is 19.9. The van der Waals surface area contributed by atoms with Gasteiger partial charge in [0.2, 0.25) is 0 Å². The average molecular weight is 1040 g/mol. The molecule has 0 radical (unpaired) electrons. The molecule has 8 rings (SSSR count). The van der Waals surface area contributed by atoms with E-state index in [1.165, 1.54) is 101 Å². The van der Waals surface area contributed by atoms with E-state index in [0.717, 1.165) is 98.7 Å². The number of nitrogens with zero attached hydrogens (tertiary/aromatic N) is 1. The fourth-order valence-electron chi connectivity index (χ4n) is 19.1. The number of hydrogen-bond acceptors (Lipinski definition) is 6. The van der Waals surface area contributed by atoms with Crippen LogP contribution in [-0.2, 0) is 27.9 Å². The van der Waals surface area contributed by atoms with Gasteiger partial charge >= 0.3 is 13.8 Å². The lowest BCUT2D eigenvalue weighted by molar-refractivity contribution is -0.870. The molecule has 73 heavy (non-hydrogen) atoms. The highest BCUT2D eigenvalue weighted by Gasteiger charge is 2.61. The Balaban J connectivity index is 0.946. The minimum Gasteiger partial charge on any atom is -0.479 e.